The van der Waals surface area contributed by atoms with Crippen LogP contribution in [0.3, 0.4) is 0 Å². The fourth-order valence-corrected chi connectivity index (χ4v) is 4.46. The Balaban J connectivity index is -0.000000558. The Morgan fingerprint density at radius 3 is 1.53 bits per heavy atom. The maximum atomic E-state index is 12.3. The Morgan fingerprint density at radius 1 is 0.842 bits per heavy atom. The van der Waals surface area contributed by atoms with Gasteiger partial charge in [-0.05, 0) is 52.6 Å². The fraction of sp³-hybridized carbons (Fsp3) is 0.846. The maximum absolute atomic E-state index is 12.3. The molecule has 0 aromatic carbocycles. The topological polar surface area (TPSA) is 158 Å². The third-order valence-electron chi connectivity index (χ3n) is 6.28. The minimum atomic E-state index is -0.891. The van der Waals surface area contributed by atoms with Gasteiger partial charge in [0, 0.05) is 13.1 Å². The highest BCUT2D eigenvalue weighted by molar-refractivity contribution is 5.88. The molecule has 0 bridgehead atoms. The number of esters is 1. The number of likely N-dealkylation sites (N-methyl/N-ethyl adjacent to an activating group) is 2. The lowest BCUT2D eigenvalue weighted by atomic mass is 10.1. The first-order valence-electron chi connectivity index (χ1n) is 12.6. The molecule has 226 valence electrons. The molecule has 12 nitrogen and oxygen atoms in total. The Bertz CT molecular complexity index is 680. The van der Waals surface area contributed by atoms with Gasteiger partial charge in [-0.2, -0.15) is 0 Å². The first-order valence-corrected chi connectivity index (χ1v) is 12.6. The zero-order chi connectivity index (χ0) is 27.7. The van der Waals surface area contributed by atoms with E-state index in [1.807, 2.05) is 13.8 Å². The smallest absolute Gasteiger partial charge is 0.328 e. The summed E-state index contributed by atoms with van der Waals surface area (Å²) < 4.78 is 4.73. The van der Waals surface area contributed by atoms with E-state index in [2.05, 4.69) is 15.5 Å². The number of nitrogens with zero attached hydrogens (tertiary/aromatic N) is 2. The van der Waals surface area contributed by atoms with Crippen LogP contribution in [0.5, 0.6) is 0 Å². The summed E-state index contributed by atoms with van der Waals surface area (Å²) in [6, 6.07) is -1.45. The fourth-order valence-electron chi connectivity index (χ4n) is 4.46. The van der Waals surface area contributed by atoms with Crippen LogP contribution in [0.1, 0.15) is 80.1 Å². The van der Waals surface area contributed by atoms with Crippen molar-refractivity contribution < 1.29 is 39.2 Å². The standard InChI is InChI=1S/C12H22N2O3.C11H20N2O3.CH4O2.2CH4/c1-4-6-9(13-2)11(15)14-8-5-7-10(14)12(16)17-3;1-3-5-8(12-2)10(14)13-7-4-6-9(13)11(15)16;1-3-2;;/h9-10,13H,4-8H2,1-3H3;8-9,12H,3-7H2,1-2H3,(H,15,16);2H,1H3;2*1H4/t9?,10-;8?,9-;;;/m00.../s1. The number of methoxy groups -OCH3 is 1. The highest BCUT2D eigenvalue weighted by Crippen LogP contribution is 2.21. The van der Waals surface area contributed by atoms with Gasteiger partial charge in [0.15, 0.2) is 0 Å². The van der Waals surface area contributed by atoms with E-state index >= 15 is 0 Å². The van der Waals surface area contributed by atoms with E-state index in [1.165, 1.54) is 19.1 Å². The van der Waals surface area contributed by atoms with E-state index in [4.69, 9.17) is 15.1 Å². The maximum Gasteiger partial charge on any atom is 0.328 e. The van der Waals surface area contributed by atoms with E-state index in [9.17, 15) is 19.2 Å². The molecule has 4 N–H and O–H groups in total. The highest BCUT2D eigenvalue weighted by Gasteiger charge is 2.37. The number of carbonyl (C=O) groups excluding carboxylic acids is 3. The SMILES string of the molecule is C.C.CCCC(NC)C(=O)N1CCC[C@H]1C(=O)O.CCCC(NC)C(=O)N1CCC[C@H]1C(=O)OC.COO. The second kappa shape index (κ2) is 22.7. The lowest BCUT2D eigenvalue weighted by Crippen LogP contribution is -2.49. The molecule has 4 atom stereocenters. The second-order valence-electron chi connectivity index (χ2n) is 8.68. The van der Waals surface area contributed by atoms with Crippen molar-refractivity contribution in [2.24, 2.45) is 0 Å². The molecule has 0 aliphatic carbocycles. The summed E-state index contributed by atoms with van der Waals surface area (Å²) in [5.41, 5.74) is 0. The van der Waals surface area contributed by atoms with E-state index in [-0.39, 0.29) is 50.8 Å². The number of nitrogens with one attached hydrogen (secondary N) is 2. The molecule has 2 amide bonds. The number of carboxylic acid groups (broad SMARTS) is 1. The zero-order valence-corrected chi connectivity index (χ0v) is 22.6. The Labute approximate surface area is 229 Å². The second-order valence-corrected chi connectivity index (χ2v) is 8.68. The van der Waals surface area contributed by atoms with Gasteiger partial charge in [-0.1, -0.05) is 41.5 Å². The lowest BCUT2D eigenvalue weighted by molar-refractivity contribution is -0.214. The number of hydrogen-bond donors (Lipinski definition) is 4. The summed E-state index contributed by atoms with van der Waals surface area (Å²) in [4.78, 5) is 53.3. The average molecular weight is 551 g/mol. The van der Waals surface area contributed by atoms with Crippen molar-refractivity contribution in [2.75, 3.05) is 41.4 Å². The molecule has 0 saturated carbocycles. The molecule has 12 heteroatoms. The van der Waals surface area contributed by atoms with Crippen molar-refractivity contribution in [3.8, 4) is 0 Å². The van der Waals surface area contributed by atoms with Gasteiger partial charge in [0.05, 0.1) is 26.3 Å². The molecule has 2 saturated heterocycles. The largest absolute Gasteiger partial charge is 0.480 e. The Morgan fingerprint density at radius 2 is 1.21 bits per heavy atom. The predicted octanol–water partition coefficient (Wildman–Crippen LogP) is 2.37. The number of likely N-dealkylation sites (tertiary alicyclic amines) is 2. The first-order chi connectivity index (χ1) is 17.2. The normalized spacial score (nSPS) is 19.3. The lowest BCUT2D eigenvalue weighted by Gasteiger charge is -2.27. The molecule has 0 spiro atoms. The van der Waals surface area contributed by atoms with Gasteiger partial charge in [0.1, 0.15) is 12.1 Å². The Kier molecular flexibility index (Phi) is 24.0. The van der Waals surface area contributed by atoms with Crippen molar-refractivity contribution in [3.05, 3.63) is 0 Å². The molecule has 0 radical (unpaired) electrons. The van der Waals surface area contributed by atoms with Crippen LogP contribution in [-0.4, -0.2) is 109 Å². The van der Waals surface area contributed by atoms with Crippen LogP contribution in [-0.2, 0) is 28.8 Å². The summed E-state index contributed by atoms with van der Waals surface area (Å²) in [6.45, 7) is 5.27. The van der Waals surface area contributed by atoms with E-state index in [0.717, 1.165) is 38.5 Å². The van der Waals surface area contributed by atoms with Crippen molar-refractivity contribution in [2.45, 2.75) is 104 Å². The number of amides is 2. The summed E-state index contributed by atoms with van der Waals surface area (Å²) in [5, 5.41) is 22.0. The highest BCUT2D eigenvalue weighted by atomic mass is 17.1. The third kappa shape index (κ3) is 12.5. The van der Waals surface area contributed by atoms with Crippen molar-refractivity contribution in [1.29, 1.82) is 0 Å². The molecule has 2 aliphatic rings. The van der Waals surface area contributed by atoms with Crippen LogP contribution in [0, 0.1) is 0 Å². The van der Waals surface area contributed by atoms with Gasteiger partial charge in [-0.15, -0.1) is 0 Å². The van der Waals surface area contributed by atoms with Crippen molar-refractivity contribution in [1.82, 2.24) is 20.4 Å². The molecule has 2 rings (SSSR count). The van der Waals surface area contributed by atoms with E-state index in [1.54, 1.807) is 19.0 Å². The molecular weight excluding hydrogens is 496 g/mol. The third-order valence-corrected chi connectivity index (χ3v) is 6.28. The van der Waals surface area contributed by atoms with Gasteiger partial charge in [0.2, 0.25) is 11.8 Å². The van der Waals surface area contributed by atoms with E-state index in [0.29, 0.717) is 25.9 Å². The van der Waals surface area contributed by atoms with Crippen LogP contribution in [0.15, 0.2) is 0 Å². The zero-order valence-electron chi connectivity index (χ0n) is 22.6. The minimum Gasteiger partial charge on any atom is -0.480 e. The number of carboxylic acids is 1. The number of ether oxygens (including phenoxy) is 1. The number of carbonyl (C=O) groups is 4. The molecular formula is C26H54N4O8. The molecule has 0 aromatic rings. The van der Waals surface area contributed by atoms with Crippen LogP contribution in [0.4, 0.5) is 0 Å². The summed E-state index contributed by atoms with van der Waals surface area (Å²) >= 11 is 0. The van der Waals surface area contributed by atoms with Gasteiger partial charge in [-0.25, -0.2) is 14.5 Å². The van der Waals surface area contributed by atoms with Crippen LogP contribution < -0.4 is 10.6 Å². The predicted molar refractivity (Wildman–Crippen MR) is 148 cm³/mol. The van der Waals surface area contributed by atoms with Gasteiger partial charge >= 0.3 is 11.9 Å². The molecule has 2 heterocycles. The summed E-state index contributed by atoms with van der Waals surface area (Å²) in [5.74, 6) is -1.25. The van der Waals surface area contributed by atoms with Gasteiger partial charge in [0.25, 0.3) is 0 Å². The van der Waals surface area contributed by atoms with Crippen LogP contribution in [0.2, 0.25) is 0 Å². The van der Waals surface area contributed by atoms with Crippen LogP contribution >= 0.6 is 0 Å². The summed E-state index contributed by atoms with van der Waals surface area (Å²) in [7, 11) is 6.07. The van der Waals surface area contributed by atoms with Crippen molar-refractivity contribution >= 4 is 23.8 Å². The quantitative estimate of drug-likeness (QED) is 0.181. The monoisotopic (exact) mass is 550 g/mol. The van der Waals surface area contributed by atoms with Gasteiger partial charge < -0.3 is 30.3 Å². The number of hydrogen-bond acceptors (Lipinski definition) is 9. The summed E-state index contributed by atoms with van der Waals surface area (Å²) in [6.07, 6.45) is 6.32. The van der Waals surface area contributed by atoms with E-state index < -0.39 is 12.0 Å². The molecule has 2 fully saturated rings. The first kappa shape index (κ1) is 40.2. The number of aliphatic carboxylic acids is 1. The molecule has 2 aliphatic heterocycles. The van der Waals surface area contributed by atoms with Crippen LogP contribution in [0.25, 0.3) is 0 Å². The average Bonchev–Trinajstić information content (AvgIpc) is 3.56. The molecule has 38 heavy (non-hydrogen) atoms. The number of rotatable bonds is 10. The van der Waals surface area contributed by atoms with Gasteiger partial charge in [-0.3, -0.25) is 14.8 Å². The Hall–Kier alpha value is -2.28. The molecule has 0 aromatic heterocycles. The minimum absolute atomic E-state index is 0. The van der Waals surface area contributed by atoms with Crippen molar-refractivity contribution in [3.63, 3.8) is 0 Å². The molecule has 2 unspecified atom stereocenters.